The van der Waals surface area contributed by atoms with Gasteiger partial charge in [0.2, 0.25) is 0 Å². The van der Waals surface area contributed by atoms with Crippen LogP contribution in [0.2, 0.25) is 0 Å². The summed E-state index contributed by atoms with van der Waals surface area (Å²) in [6.07, 6.45) is 1.11. The van der Waals surface area contributed by atoms with E-state index >= 15 is 0 Å². The van der Waals surface area contributed by atoms with Gasteiger partial charge in [-0.25, -0.2) is 10.8 Å². The van der Waals surface area contributed by atoms with Crippen molar-refractivity contribution in [2.75, 3.05) is 13.6 Å². The highest BCUT2D eigenvalue weighted by atomic mass is 32.1. The number of amides is 1. The molecule has 0 bridgehead atoms. The number of hydrogen-bond acceptors (Lipinski definition) is 5. The molecule has 1 amide bonds. The maximum atomic E-state index is 11.1. The second kappa shape index (κ2) is 5.79. The highest BCUT2D eigenvalue weighted by Crippen LogP contribution is 2.11. The van der Waals surface area contributed by atoms with Gasteiger partial charge in [-0.2, -0.15) is 0 Å². The van der Waals surface area contributed by atoms with Crippen molar-refractivity contribution < 1.29 is 4.79 Å². The van der Waals surface area contributed by atoms with Crippen LogP contribution in [0.4, 0.5) is 0 Å². The summed E-state index contributed by atoms with van der Waals surface area (Å²) in [5, 5.41) is 2.30. The van der Waals surface area contributed by atoms with E-state index in [0.717, 1.165) is 25.2 Å². The molecule has 1 aromatic rings. The second-order valence-corrected chi connectivity index (χ2v) is 4.21. The van der Waals surface area contributed by atoms with E-state index in [1.165, 1.54) is 11.3 Å². The Hall–Kier alpha value is -0.980. The summed E-state index contributed by atoms with van der Waals surface area (Å²) in [5.74, 6) is 4.69. The van der Waals surface area contributed by atoms with Gasteiger partial charge in [0, 0.05) is 11.9 Å². The van der Waals surface area contributed by atoms with Crippen molar-refractivity contribution in [2.24, 2.45) is 5.84 Å². The Kier molecular flexibility index (Phi) is 4.67. The van der Waals surface area contributed by atoms with Gasteiger partial charge < -0.3 is 4.90 Å². The molecule has 0 spiro atoms. The Balaban J connectivity index is 2.56. The van der Waals surface area contributed by atoms with Gasteiger partial charge in [-0.05, 0) is 20.0 Å². The molecule has 1 aromatic heterocycles. The van der Waals surface area contributed by atoms with E-state index in [-0.39, 0.29) is 5.91 Å². The third-order valence-corrected chi connectivity index (χ3v) is 2.80. The maximum Gasteiger partial charge on any atom is 0.294 e. The van der Waals surface area contributed by atoms with Gasteiger partial charge >= 0.3 is 0 Å². The highest BCUT2D eigenvalue weighted by molar-refractivity contribution is 7.11. The van der Waals surface area contributed by atoms with Gasteiger partial charge in [0.15, 0.2) is 5.01 Å². The number of nitrogens with zero attached hydrogens (tertiary/aromatic N) is 2. The van der Waals surface area contributed by atoms with Gasteiger partial charge in [0.05, 0.1) is 5.69 Å². The van der Waals surface area contributed by atoms with Crippen LogP contribution in [-0.4, -0.2) is 29.4 Å². The molecule has 1 heterocycles. The van der Waals surface area contributed by atoms with Gasteiger partial charge in [0.1, 0.15) is 0 Å². The van der Waals surface area contributed by atoms with E-state index in [9.17, 15) is 4.79 Å². The van der Waals surface area contributed by atoms with E-state index in [4.69, 9.17) is 5.84 Å². The van der Waals surface area contributed by atoms with Crippen LogP contribution in [0.15, 0.2) is 5.38 Å². The van der Waals surface area contributed by atoms with Crippen LogP contribution in [-0.2, 0) is 6.54 Å². The number of hydrogen-bond donors (Lipinski definition) is 2. The molecule has 0 unspecified atom stereocenters. The molecule has 0 saturated carbocycles. The van der Waals surface area contributed by atoms with Crippen molar-refractivity contribution in [1.29, 1.82) is 0 Å². The number of carbonyl (C=O) groups is 1. The molecule has 0 aliphatic carbocycles. The number of hydrazine groups is 1. The predicted octanol–water partition coefficient (Wildman–Crippen LogP) is 0.588. The third-order valence-electron chi connectivity index (χ3n) is 1.91. The molecule has 84 valence electrons. The zero-order valence-corrected chi connectivity index (χ0v) is 9.80. The lowest BCUT2D eigenvalue weighted by Crippen LogP contribution is -2.30. The molecule has 3 N–H and O–H groups in total. The summed E-state index contributed by atoms with van der Waals surface area (Å²) >= 11 is 1.31. The first-order chi connectivity index (χ1) is 7.17. The largest absolute Gasteiger partial charge is 0.301 e. The molecule has 1 rings (SSSR count). The van der Waals surface area contributed by atoms with Gasteiger partial charge in [0.25, 0.3) is 5.91 Å². The topological polar surface area (TPSA) is 71.2 Å². The number of thiazole rings is 1. The average Bonchev–Trinajstić information content (AvgIpc) is 2.65. The molecule has 0 aliphatic rings. The van der Waals surface area contributed by atoms with Crippen molar-refractivity contribution in [3.63, 3.8) is 0 Å². The van der Waals surface area contributed by atoms with E-state index in [1.54, 1.807) is 0 Å². The number of nitrogens with two attached hydrogens (primary N) is 1. The molecule has 6 heteroatoms. The number of carbonyl (C=O) groups excluding carboxylic acids is 1. The van der Waals surface area contributed by atoms with E-state index in [1.807, 2.05) is 12.4 Å². The zero-order valence-electron chi connectivity index (χ0n) is 8.99. The van der Waals surface area contributed by atoms with E-state index in [0.29, 0.717) is 5.01 Å². The van der Waals surface area contributed by atoms with Crippen LogP contribution in [0, 0.1) is 0 Å². The SMILES string of the molecule is CCCN(C)Cc1csc(C(=O)NN)n1. The number of nitrogen functional groups attached to an aromatic ring is 1. The smallest absolute Gasteiger partial charge is 0.294 e. The quantitative estimate of drug-likeness (QED) is 0.439. The Bertz CT molecular complexity index is 326. The van der Waals surface area contributed by atoms with Crippen LogP contribution in [0.3, 0.4) is 0 Å². The first-order valence-corrected chi connectivity index (χ1v) is 5.69. The molecular weight excluding hydrogens is 212 g/mol. The van der Waals surface area contributed by atoms with E-state index < -0.39 is 0 Å². The monoisotopic (exact) mass is 228 g/mol. The minimum absolute atomic E-state index is 0.329. The van der Waals surface area contributed by atoms with Crippen molar-refractivity contribution in [3.05, 3.63) is 16.1 Å². The number of aromatic nitrogens is 1. The maximum absolute atomic E-state index is 11.1. The van der Waals surface area contributed by atoms with Crippen molar-refractivity contribution in [1.82, 2.24) is 15.3 Å². The molecule has 0 saturated heterocycles. The fourth-order valence-corrected chi connectivity index (χ4v) is 1.99. The van der Waals surface area contributed by atoms with Crippen LogP contribution < -0.4 is 11.3 Å². The van der Waals surface area contributed by atoms with Crippen molar-refractivity contribution in [3.8, 4) is 0 Å². The minimum atomic E-state index is -0.329. The average molecular weight is 228 g/mol. The Morgan fingerprint density at radius 3 is 3.07 bits per heavy atom. The van der Waals surface area contributed by atoms with E-state index in [2.05, 4.69) is 22.2 Å². The lowest BCUT2D eigenvalue weighted by Gasteiger charge is -2.12. The molecule has 0 atom stereocenters. The highest BCUT2D eigenvalue weighted by Gasteiger charge is 2.10. The fourth-order valence-electron chi connectivity index (χ4n) is 1.28. The van der Waals surface area contributed by atoms with Crippen LogP contribution in [0.25, 0.3) is 0 Å². The lowest BCUT2D eigenvalue weighted by molar-refractivity contribution is 0.0953. The molecular formula is C9H16N4OS. The van der Waals surface area contributed by atoms with Crippen molar-refractivity contribution >= 4 is 17.2 Å². The van der Waals surface area contributed by atoms with Crippen LogP contribution >= 0.6 is 11.3 Å². The Labute approximate surface area is 93.3 Å². The Morgan fingerprint density at radius 2 is 2.47 bits per heavy atom. The molecule has 0 aliphatic heterocycles. The molecule has 0 aromatic carbocycles. The zero-order chi connectivity index (χ0) is 11.3. The molecule has 15 heavy (non-hydrogen) atoms. The first-order valence-electron chi connectivity index (χ1n) is 4.81. The summed E-state index contributed by atoms with van der Waals surface area (Å²) in [5.41, 5.74) is 2.98. The number of nitrogens with one attached hydrogen (secondary N) is 1. The Morgan fingerprint density at radius 1 is 1.73 bits per heavy atom. The molecule has 0 radical (unpaired) electrons. The molecule has 5 nitrogen and oxygen atoms in total. The predicted molar refractivity (Wildman–Crippen MR) is 60.4 cm³/mol. The molecule has 0 fully saturated rings. The summed E-state index contributed by atoms with van der Waals surface area (Å²) in [6, 6.07) is 0. The van der Waals surface area contributed by atoms with Gasteiger partial charge in [-0.1, -0.05) is 6.92 Å². The second-order valence-electron chi connectivity index (χ2n) is 3.36. The summed E-state index contributed by atoms with van der Waals surface area (Å²) in [4.78, 5) is 17.5. The van der Waals surface area contributed by atoms with Crippen molar-refractivity contribution in [2.45, 2.75) is 19.9 Å². The summed E-state index contributed by atoms with van der Waals surface area (Å²) < 4.78 is 0. The fraction of sp³-hybridized carbons (Fsp3) is 0.556. The normalized spacial score (nSPS) is 10.7. The standard InChI is InChI=1S/C9H16N4OS/c1-3-4-13(2)5-7-6-15-9(11-7)8(14)12-10/h6H,3-5,10H2,1-2H3,(H,12,14). The summed E-state index contributed by atoms with van der Waals surface area (Å²) in [7, 11) is 2.03. The first kappa shape index (κ1) is 12.1. The summed E-state index contributed by atoms with van der Waals surface area (Å²) in [6.45, 7) is 3.92. The van der Waals surface area contributed by atoms with Crippen LogP contribution in [0.5, 0.6) is 0 Å². The third kappa shape index (κ3) is 3.58. The van der Waals surface area contributed by atoms with Gasteiger partial charge in [-0.15, -0.1) is 11.3 Å². The minimum Gasteiger partial charge on any atom is -0.301 e. The van der Waals surface area contributed by atoms with Gasteiger partial charge in [-0.3, -0.25) is 10.2 Å². The van der Waals surface area contributed by atoms with Crippen LogP contribution in [0.1, 0.15) is 28.8 Å². The number of rotatable bonds is 5. The lowest BCUT2D eigenvalue weighted by atomic mass is 10.4.